The van der Waals surface area contributed by atoms with E-state index < -0.39 is 6.10 Å². The molecular formula is C14H21N5O2. The van der Waals surface area contributed by atoms with Crippen LogP contribution in [0.2, 0.25) is 0 Å². The molecule has 2 unspecified atom stereocenters. The molecule has 0 saturated carbocycles. The summed E-state index contributed by atoms with van der Waals surface area (Å²) in [6, 6.07) is 3.69. The van der Waals surface area contributed by atoms with Gasteiger partial charge in [0, 0.05) is 26.1 Å². The number of amides is 1. The molecule has 21 heavy (non-hydrogen) atoms. The fourth-order valence-electron chi connectivity index (χ4n) is 3.09. The van der Waals surface area contributed by atoms with E-state index in [2.05, 4.69) is 15.2 Å². The second-order valence-electron chi connectivity index (χ2n) is 5.62. The molecule has 2 aliphatic rings. The van der Waals surface area contributed by atoms with Crippen LogP contribution in [0, 0.1) is 0 Å². The Morgan fingerprint density at radius 3 is 2.86 bits per heavy atom. The van der Waals surface area contributed by atoms with Gasteiger partial charge < -0.3 is 26.0 Å². The summed E-state index contributed by atoms with van der Waals surface area (Å²) in [5, 5.41) is 12.6. The summed E-state index contributed by atoms with van der Waals surface area (Å²) >= 11 is 0. The monoisotopic (exact) mass is 291 g/mol. The van der Waals surface area contributed by atoms with Gasteiger partial charge in [-0.1, -0.05) is 0 Å². The lowest BCUT2D eigenvalue weighted by atomic mass is 10.3. The third-order valence-corrected chi connectivity index (χ3v) is 4.13. The summed E-state index contributed by atoms with van der Waals surface area (Å²) in [5.74, 6) is 1.54. The minimum absolute atomic E-state index is 0.222. The first-order chi connectivity index (χ1) is 10.2. The van der Waals surface area contributed by atoms with E-state index in [1.807, 2.05) is 17.0 Å². The van der Waals surface area contributed by atoms with Gasteiger partial charge in [0.2, 0.25) is 6.41 Å². The van der Waals surface area contributed by atoms with Gasteiger partial charge in [0.1, 0.15) is 12.0 Å². The van der Waals surface area contributed by atoms with Crippen molar-refractivity contribution in [2.45, 2.75) is 31.5 Å². The van der Waals surface area contributed by atoms with Crippen LogP contribution in [0.1, 0.15) is 19.3 Å². The molecule has 2 atom stereocenters. The van der Waals surface area contributed by atoms with Crippen LogP contribution in [-0.2, 0) is 4.79 Å². The predicted octanol–water partition coefficient (Wildman–Crippen LogP) is -0.0929. The lowest BCUT2D eigenvalue weighted by Crippen LogP contribution is -2.41. The van der Waals surface area contributed by atoms with E-state index >= 15 is 0 Å². The molecule has 7 nitrogen and oxygen atoms in total. The molecule has 2 saturated heterocycles. The van der Waals surface area contributed by atoms with Crippen LogP contribution in [0.3, 0.4) is 0 Å². The molecule has 4 N–H and O–H groups in total. The van der Waals surface area contributed by atoms with Gasteiger partial charge in [0.15, 0.2) is 5.82 Å². The van der Waals surface area contributed by atoms with E-state index in [1.54, 1.807) is 0 Å². The van der Waals surface area contributed by atoms with Crippen LogP contribution in [0.5, 0.6) is 0 Å². The number of aromatic nitrogens is 1. The standard InChI is InChI=1S/C14H21N5O2/c15-11-3-4-12(17-14(11)18-5-1-2-6-18)19-8-10(21)7-13(19)16-9-20/h3-4,9-10,13,21H,1-2,5-8,15H2,(H,16,20). The van der Waals surface area contributed by atoms with E-state index in [-0.39, 0.29) is 6.17 Å². The molecule has 2 fully saturated rings. The van der Waals surface area contributed by atoms with Gasteiger partial charge in [-0.25, -0.2) is 4.98 Å². The summed E-state index contributed by atoms with van der Waals surface area (Å²) in [4.78, 5) is 19.5. The van der Waals surface area contributed by atoms with E-state index in [4.69, 9.17) is 5.73 Å². The number of hydrogen-bond donors (Lipinski definition) is 3. The zero-order chi connectivity index (χ0) is 14.8. The Bertz CT molecular complexity index is 518. The Kier molecular flexibility index (Phi) is 3.83. The van der Waals surface area contributed by atoms with Crippen LogP contribution in [0.4, 0.5) is 17.3 Å². The van der Waals surface area contributed by atoms with Crippen LogP contribution in [-0.4, -0.2) is 48.4 Å². The first-order valence-electron chi connectivity index (χ1n) is 7.35. The lowest BCUT2D eigenvalue weighted by Gasteiger charge is -2.27. The summed E-state index contributed by atoms with van der Waals surface area (Å²) in [5.41, 5.74) is 6.71. The highest BCUT2D eigenvalue weighted by Crippen LogP contribution is 2.30. The maximum atomic E-state index is 10.7. The number of anilines is 3. The number of hydrogen-bond acceptors (Lipinski definition) is 6. The number of carbonyl (C=O) groups excluding carboxylic acids is 1. The van der Waals surface area contributed by atoms with E-state index in [9.17, 15) is 9.90 Å². The first-order valence-corrected chi connectivity index (χ1v) is 7.35. The Labute approximate surface area is 123 Å². The molecule has 2 aliphatic heterocycles. The molecule has 0 bridgehead atoms. The van der Waals surface area contributed by atoms with Gasteiger partial charge in [-0.15, -0.1) is 0 Å². The van der Waals surface area contributed by atoms with Crippen LogP contribution in [0.25, 0.3) is 0 Å². The molecule has 3 rings (SSSR count). The number of aliphatic hydroxyl groups is 1. The normalized spacial score (nSPS) is 25.4. The van der Waals surface area contributed by atoms with Gasteiger partial charge in [0.25, 0.3) is 0 Å². The van der Waals surface area contributed by atoms with E-state index in [0.29, 0.717) is 25.1 Å². The van der Waals surface area contributed by atoms with Gasteiger partial charge in [-0.05, 0) is 25.0 Å². The number of rotatable bonds is 4. The highest BCUT2D eigenvalue weighted by atomic mass is 16.3. The largest absolute Gasteiger partial charge is 0.396 e. The SMILES string of the molecule is Nc1ccc(N2CC(O)CC2NC=O)nc1N1CCCC1. The fraction of sp³-hybridized carbons (Fsp3) is 0.571. The Balaban J connectivity index is 1.87. The molecule has 1 amide bonds. The minimum atomic E-state index is -0.461. The number of carbonyl (C=O) groups is 1. The summed E-state index contributed by atoms with van der Waals surface area (Å²) in [6.45, 7) is 2.40. The average Bonchev–Trinajstić information content (AvgIpc) is 3.10. The van der Waals surface area contributed by atoms with Crippen molar-refractivity contribution in [1.29, 1.82) is 0 Å². The van der Waals surface area contributed by atoms with Crippen molar-refractivity contribution in [3.8, 4) is 0 Å². The van der Waals surface area contributed by atoms with Gasteiger partial charge in [-0.3, -0.25) is 4.79 Å². The third kappa shape index (κ3) is 2.73. The van der Waals surface area contributed by atoms with Crippen molar-refractivity contribution in [1.82, 2.24) is 10.3 Å². The number of nitrogens with one attached hydrogen (secondary N) is 1. The Hall–Kier alpha value is -2.02. The maximum Gasteiger partial charge on any atom is 0.208 e. The van der Waals surface area contributed by atoms with Crippen molar-refractivity contribution in [3.05, 3.63) is 12.1 Å². The molecule has 0 aromatic carbocycles. The summed E-state index contributed by atoms with van der Waals surface area (Å²) in [7, 11) is 0. The summed E-state index contributed by atoms with van der Waals surface area (Å²) < 4.78 is 0. The molecule has 0 aliphatic carbocycles. The van der Waals surface area contributed by atoms with Crippen LogP contribution < -0.4 is 20.9 Å². The Morgan fingerprint density at radius 2 is 2.14 bits per heavy atom. The van der Waals surface area contributed by atoms with Crippen LogP contribution >= 0.6 is 0 Å². The molecular weight excluding hydrogens is 270 g/mol. The molecule has 114 valence electrons. The van der Waals surface area contributed by atoms with Gasteiger partial charge >= 0.3 is 0 Å². The quantitative estimate of drug-likeness (QED) is 0.671. The van der Waals surface area contributed by atoms with Crippen molar-refractivity contribution in [3.63, 3.8) is 0 Å². The fourth-order valence-corrected chi connectivity index (χ4v) is 3.09. The van der Waals surface area contributed by atoms with Crippen molar-refractivity contribution >= 4 is 23.7 Å². The average molecular weight is 291 g/mol. The highest BCUT2D eigenvalue weighted by Gasteiger charge is 2.32. The number of β-amino-alcohol motifs (C(OH)–C–C–N with tert-alkyl or cyclic N) is 1. The number of pyridine rings is 1. The third-order valence-electron chi connectivity index (χ3n) is 4.13. The molecule has 7 heteroatoms. The van der Waals surface area contributed by atoms with Crippen molar-refractivity contribution in [2.75, 3.05) is 35.2 Å². The molecule has 1 aromatic heterocycles. The molecule has 0 spiro atoms. The number of aliphatic hydroxyl groups excluding tert-OH is 1. The minimum Gasteiger partial charge on any atom is -0.396 e. The van der Waals surface area contributed by atoms with Crippen molar-refractivity contribution in [2.24, 2.45) is 0 Å². The highest BCUT2D eigenvalue weighted by molar-refractivity contribution is 5.67. The second kappa shape index (κ2) is 5.77. The number of nitrogens with two attached hydrogens (primary N) is 1. The van der Waals surface area contributed by atoms with Gasteiger partial charge in [0.05, 0.1) is 11.8 Å². The maximum absolute atomic E-state index is 10.7. The smallest absolute Gasteiger partial charge is 0.208 e. The number of nitrogens with zero attached hydrogens (tertiary/aromatic N) is 3. The zero-order valence-electron chi connectivity index (χ0n) is 11.9. The van der Waals surface area contributed by atoms with E-state index in [0.717, 1.165) is 37.6 Å². The van der Waals surface area contributed by atoms with Crippen molar-refractivity contribution < 1.29 is 9.90 Å². The molecule has 3 heterocycles. The van der Waals surface area contributed by atoms with Crippen LogP contribution in [0.15, 0.2) is 12.1 Å². The predicted molar refractivity (Wildman–Crippen MR) is 81.1 cm³/mol. The molecule has 0 radical (unpaired) electrons. The Morgan fingerprint density at radius 1 is 1.38 bits per heavy atom. The summed E-state index contributed by atoms with van der Waals surface area (Å²) in [6.07, 6.45) is 2.79. The lowest BCUT2D eigenvalue weighted by molar-refractivity contribution is -0.110. The topological polar surface area (TPSA) is 94.7 Å². The van der Waals surface area contributed by atoms with E-state index in [1.165, 1.54) is 0 Å². The second-order valence-corrected chi connectivity index (χ2v) is 5.62. The first kappa shape index (κ1) is 13.9. The molecule has 1 aromatic rings. The van der Waals surface area contributed by atoms with Gasteiger partial charge in [-0.2, -0.15) is 0 Å². The zero-order valence-corrected chi connectivity index (χ0v) is 11.9. The number of nitrogen functional groups attached to an aromatic ring is 1.